The Morgan fingerprint density at radius 2 is 2.11 bits per heavy atom. The maximum Gasteiger partial charge on any atom is 0.272 e. The molecule has 7 nitrogen and oxygen atoms in total. The van der Waals surface area contributed by atoms with E-state index in [9.17, 15) is 14.9 Å². The summed E-state index contributed by atoms with van der Waals surface area (Å²) in [6.07, 6.45) is 1.88. The molecule has 0 aliphatic carbocycles. The monoisotopic (exact) mass is 364 g/mol. The zero-order valence-electron chi connectivity index (χ0n) is 15.0. The molecule has 2 heterocycles. The first-order valence-corrected chi connectivity index (χ1v) is 9.02. The number of rotatable bonds is 3. The van der Waals surface area contributed by atoms with Crippen LogP contribution in [-0.4, -0.2) is 38.8 Å². The highest BCUT2D eigenvalue weighted by atomic mass is 16.6. The van der Waals surface area contributed by atoms with Crippen molar-refractivity contribution in [2.45, 2.75) is 25.7 Å². The number of benzene rings is 2. The number of likely N-dealkylation sites (tertiary alicyclic amines) is 1. The number of aryl methyl sites for hydroxylation is 1. The topological polar surface area (TPSA) is 92.1 Å². The maximum absolute atomic E-state index is 12.9. The minimum Gasteiger partial charge on any atom is -0.342 e. The molecule has 0 spiro atoms. The number of imidazole rings is 1. The number of aromatic amines is 1. The largest absolute Gasteiger partial charge is 0.342 e. The number of carbonyl (C=O) groups excluding carboxylic acids is 1. The number of hydrogen-bond donors (Lipinski definition) is 1. The molecule has 1 aromatic heterocycles. The number of piperidine rings is 1. The molecule has 4 rings (SSSR count). The van der Waals surface area contributed by atoms with Crippen molar-refractivity contribution in [2.75, 3.05) is 13.1 Å². The number of nitrogens with one attached hydrogen (secondary N) is 1. The molecular weight excluding hydrogens is 344 g/mol. The SMILES string of the molecule is Cc1cc(C(=O)N2CCC[C@@H](c3nc4ccccc4[nH]3)C2)ccc1[N+](=O)[O-]. The van der Waals surface area contributed by atoms with Gasteiger partial charge in [-0.1, -0.05) is 12.1 Å². The first kappa shape index (κ1) is 17.2. The summed E-state index contributed by atoms with van der Waals surface area (Å²) in [5, 5.41) is 11.0. The molecule has 1 atom stereocenters. The Morgan fingerprint density at radius 1 is 1.30 bits per heavy atom. The van der Waals surface area contributed by atoms with Crippen molar-refractivity contribution in [3.8, 4) is 0 Å². The summed E-state index contributed by atoms with van der Waals surface area (Å²) < 4.78 is 0. The van der Waals surface area contributed by atoms with Gasteiger partial charge in [0, 0.05) is 36.2 Å². The van der Waals surface area contributed by atoms with E-state index in [2.05, 4.69) is 9.97 Å². The molecule has 0 unspecified atom stereocenters. The molecule has 1 aliphatic heterocycles. The number of nitro benzene ring substituents is 1. The summed E-state index contributed by atoms with van der Waals surface area (Å²) in [7, 11) is 0. The lowest BCUT2D eigenvalue weighted by molar-refractivity contribution is -0.385. The van der Waals surface area contributed by atoms with E-state index < -0.39 is 4.92 Å². The van der Waals surface area contributed by atoms with E-state index in [4.69, 9.17) is 0 Å². The van der Waals surface area contributed by atoms with Crippen molar-refractivity contribution in [3.63, 3.8) is 0 Å². The molecule has 1 N–H and O–H groups in total. The van der Waals surface area contributed by atoms with Crippen molar-refractivity contribution in [1.29, 1.82) is 0 Å². The van der Waals surface area contributed by atoms with Crippen molar-refractivity contribution in [1.82, 2.24) is 14.9 Å². The number of amides is 1. The van der Waals surface area contributed by atoms with Crippen LogP contribution < -0.4 is 0 Å². The van der Waals surface area contributed by atoms with Gasteiger partial charge in [0.1, 0.15) is 5.82 Å². The number of nitro groups is 1. The second-order valence-corrected chi connectivity index (χ2v) is 6.99. The van der Waals surface area contributed by atoms with Crippen LogP contribution >= 0.6 is 0 Å². The van der Waals surface area contributed by atoms with Crippen LogP contribution in [0.3, 0.4) is 0 Å². The average molecular weight is 364 g/mol. The molecule has 7 heteroatoms. The molecule has 1 aliphatic rings. The number of hydrogen-bond acceptors (Lipinski definition) is 4. The first-order chi connectivity index (χ1) is 13.0. The first-order valence-electron chi connectivity index (χ1n) is 9.02. The second kappa shape index (κ2) is 6.83. The van der Waals surface area contributed by atoms with Gasteiger partial charge in [0.05, 0.1) is 16.0 Å². The molecular formula is C20H20N4O3. The molecule has 1 amide bonds. The zero-order valence-corrected chi connectivity index (χ0v) is 15.0. The van der Waals surface area contributed by atoms with Crippen molar-refractivity contribution >= 4 is 22.6 Å². The van der Waals surface area contributed by atoms with E-state index in [1.807, 2.05) is 29.2 Å². The van der Waals surface area contributed by atoms with Gasteiger partial charge in [0.15, 0.2) is 0 Å². The number of H-pyrrole nitrogens is 1. The van der Waals surface area contributed by atoms with Crippen LogP contribution in [0.2, 0.25) is 0 Å². The fourth-order valence-electron chi connectivity index (χ4n) is 3.73. The van der Waals surface area contributed by atoms with E-state index in [1.165, 1.54) is 12.1 Å². The summed E-state index contributed by atoms with van der Waals surface area (Å²) in [5.74, 6) is 0.983. The van der Waals surface area contributed by atoms with E-state index in [0.717, 1.165) is 29.7 Å². The molecule has 138 valence electrons. The van der Waals surface area contributed by atoms with Gasteiger partial charge in [-0.05, 0) is 44.0 Å². The Bertz CT molecular complexity index is 994. The average Bonchev–Trinajstić information content (AvgIpc) is 3.11. The number of carbonyl (C=O) groups is 1. The third-order valence-corrected chi connectivity index (χ3v) is 5.14. The number of para-hydroxylation sites is 2. The van der Waals surface area contributed by atoms with Crippen LogP contribution in [0, 0.1) is 17.0 Å². The molecule has 0 bridgehead atoms. The zero-order chi connectivity index (χ0) is 19.0. The van der Waals surface area contributed by atoms with Gasteiger partial charge < -0.3 is 9.88 Å². The third kappa shape index (κ3) is 3.28. The molecule has 0 saturated carbocycles. The lowest BCUT2D eigenvalue weighted by Gasteiger charge is -2.32. The summed E-state index contributed by atoms with van der Waals surface area (Å²) in [5.41, 5.74) is 2.95. The standard InChI is InChI=1S/C20H20N4O3/c1-13-11-14(8-9-18(13)24(26)27)20(25)23-10-4-5-15(12-23)19-21-16-6-2-3-7-17(16)22-19/h2-3,6-9,11,15H,4-5,10,12H2,1H3,(H,21,22)/t15-/m1/s1. The maximum atomic E-state index is 12.9. The minimum atomic E-state index is -0.428. The molecule has 1 fully saturated rings. The second-order valence-electron chi connectivity index (χ2n) is 6.99. The van der Waals surface area contributed by atoms with Crippen molar-refractivity contribution in [3.05, 3.63) is 69.5 Å². The Balaban J connectivity index is 1.54. The molecule has 0 radical (unpaired) electrons. The molecule has 1 saturated heterocycles. The summed E-state index contributed by atoms with van der Waals surface area (Å²) in [6, 6.07) is 12.4. The Kier molecular flexibility index (Phi) is 4.35. The minimum absolute atomic E-state index is 0.0327. The van der Waals surface area contributed by atoms with Gasteiger partial charge in [-0.2, -0.15) is 0 Å². The van der Waals surface area contributed by atoms with Crippen LogP contribution in [0.5, 0.6) is 0 Å². The van der Waals surface area contributed by atoms with Gasteiger partial charge in [-0.15, -0.1) is 0 Å². The molecule has 3 aromatic rings. The number of aromatic nitrogens is 2. The Hall–Kier alpha value is -3.22. The lowest BCUT2D eigenvalue weighted by atomic mass is 9.96. The van der Waals surface area contributed by atoms with Crippen molar-refractivity contribution in [2.24, 2.45) is 0 Å². The Morgan fingerprint density at radius 3 is 2.85 bits per heavy atom. The van der Waals surface area contributed by atoms with E-state index in [1.54, 1.807) is 13.0 Å². The van der Waals surface area contributed by atoms with E-state index in [-0.39, 0.29) is 17.5 Å². The summed E-state index contributed by atoms with van der Waals surface area (Å²) in [6.45, 7) is 2.93. The molecule has 2 aromatic carbocycles. The van der Waals surface area contributed by atoms with Crippen LogP contribution in [0.1, 0.15) is 40.5 Å². The van der Waals surface area contributed by atoms with Gasteiger partial charge in [-0.3, -0.25) is 14.9 Å². The predicted molar refractivity (Wildman–Crippen MR) is 102 cm³/mol. The van der Waals surface area contributed by atoms with Crippen LogP contribution in [0.25, 0.3) is 11.0 Å². The van der Waals surface area contributed by atoms with Gasteiger partial charge in [0.2, 0.25) is 0 Å². The fourth-order valence-corrected chi connectivity index (χ4v) is 3.73. The Labute approximate surface area is 156 Å². The highest BCUT2D eigenvalue weighted by Crippen LogP contribution is 2.28. The van der Waals surface area contributed by atoms with Crippen molar-refractivity contribution < 1.29 is 9.72 Å². The molecule has 27 heavy (non-hydrogen) atoms. The third-order valence-electron chi connectivity index (χ3n) is 5.14. The van der Waals surface area contributed by atoms with Crippen LogP contribution in [-0.2, 0) is 0 Å². The highest BCUT2D eigenvalue weighted by Gasteiger charge is 2.28. The normalized spacial score (nSPS) is 17.2. The fraction of sp³-hybridized carbons (Fsp3) is 0.300. The van der Waals surface area contributed by atoms with Gasteiger partial charge >= 0.3 is 0 Å². The van der Waals surface area contributed by atoms with Gasteiger partial charge in [0.25, 0.3) is 11.6 Å². The van der Waals surface area contributed by atoms with Crippen LogP contribution in [0.15, 0.2) is 42.5 Å². The van der Waals surface area contributed by atoms with E-state index in [0.29, 0.717) is 24.2 Å². The smallest absolute Gasteiger partial charge is 0.272 e. The number of fused-ring (bicyclic) bond motifs is 1. The number of nitrogens with zero attached hydrogens (tertiary/aromatic N) is 3. The quantitative estimate of drug-likeness (QED) is 0.565. The summed E-state index contributed by atoms with van der Waals surface area (Å²) >= 11 is 0. The summed E-state index contributed by atoms with van der Waals surface area (Å²) in [4.78, 5) is 33.3. The highest BCUT2D eigenvalue weighted by molar-refractivity contribution is 5.94. The van der Waals surface area contributed by atoms with E-state index >= 15 is 0 Å². The van der Waals surface area contributed by atoms with Crippen LogP contribution in [0.4, 0.5) is 5.69 Å². The lowest BCUT2D eigenvalue weighted by Crippen LogP contribution is -2.39. The predicted octanol–water partition coefficient (Wildman–Crippen LogP) is 3.80. The van der Waals surface area contributed by atoms with Gasteiger partial charge in [-0.25, -0.2) is 4.98 Å².